The van der Waals surface area contributed by atoms with E-state index in [0.717, 1.165) is 10.9 Å². The largest absolute Gasteiger partial charge is 0.493 e. The van der Waals surface area contributed by atoms with E-state index in [2.05, 4.69) is 5.32 Å². The first-order chi connectivity index (χ1) is 13.4. The number of hydrogen-bond donors (Lipinski definition) is 1. The van der Waals surface area contributed by atoms with E-state index in [-0.39, 0.29) is 11.3 Å². The van der Waals surface area contributed by atoms with E-state index in [0.29, 0.717) is 22.2 Å². The number of nitrogens with one attached hydrogen (secondary N) is 1. The summed E-state index contributed by atoms with van der Waals surface area (Å²) in [5.74, 6) is -0.290. The Kier molecular flexibility index (Phi) is 5.46. The maximum atomic E-state index is 12.9. The quantitative estimate of drug-likeness (QED) is 0.655. The molecule has 1 heterocycles. The van der Waals surface area contributed by atoms with Crippen LogP contribution in [0.4, 0.5) is 5.69 Å². The fourth-order valence-corrected chi connectivity index (χ4v) is 3.14. The molecule has 0 aliphatic heterocycles. The minimum Gasteiger partial charge on any atom is -0.493 e. The Morgan fingerprint density at radius 1 is 1.00 bits per heavy atom. The molecule has 0 saturated carbocycles. The predicted molar refractivity (Wildman–Crippen MR) is 107 cm³/mol. The number of aryl methyl sites for hydroxylation is 1. The SMILES string of the molecule is COC(=O)c1cc(OC)c(OC)cc1NC(=O)c1cc2ccc(Cl)cc2n1C. The number of ether oxygens (including phenoxy) is 3. The van der Waals surface area contributed by atoms with Gasteiger partial charge in [0.15, 0.2) is 11.5 Å². The summed E-state index contributed by atoms with van der Waals surface area (Å²) in [5.41, 5.74) is 1.62. The number of rotatable bonds is 5. The van der Waals surface area contributed by atoms with Gasteiger partial charge in [-0.3, -0.25) is 4.79 Å². The van der Waals surface area contributed by atoms with Gasteiger partial charge in [-0.2, -0.15) is 0 Å². The highest BCUT2D eigenvalue weighted by Crippen LogP contribution is 2.34. The summed E-state index contributed by atoms with van der Waals surface area (Å²) in [5, 5.41) is 4.21. The van der Waals surface area contributed by atoms with Gasteiger partial charge in [0.1, 0.15) is 5.69 Å². The maximum absolute atomic E-state index is 12.9. The van der Waals surface area contributed by atoms with Crippen LogP contribution >= 0.6 is 11.6 Å². The van der Waals surface area contributed by atoms with Crippen LogP contribution in [0.5, 0.6) is 11.5 Å². The van der Waals surface area contributed by atoms with Gasteiger partial charge >= 0.3 is 5.97 Å². The van der Waals surface area contributed by atoms with E-state index >= 15 is 0 Å². The molecule has 2 aromatic carbocycles. The third-order valence-corrected chi connectivity index (χ3v) is 4.65. The molecule has 28 heavy (non-hydrogen) atoms. The standard InChI is InChI=1S/C20H19ClN2O5/c1-23-15-8-12(21)6-5-11(15)7-16(23)19(24)22-14-10-18(27-3)17(26-2)9-13(14)20(25)28-4/h5-10H,1-4H3,(H,22,24). The van der Waals surface area contributed by atoms with Gasteiger partial charge in [-0.15, -0.1) is 0 Å². The molecule has 0 saturated heterocycles. The summed E-state index contributed by atoms with van der Waals surface area (Å²) in [6, 6.07) is 10.1. The van der Waals surface area contributed by atoms with Gasteiger partial charge in [0.05, 0.1) is 32.6 Å². The van der Waals surface area contributed by atoms with E-state index in [4.69, 9.17) is 25.8 Å². The van der Waals surface area contributed by atoms with Crippen molar-refractivity contribution < 1.29 is 23.8 Å². The second kappa shape index (κ2) is 7.82. The molecule has 0 fully saturated rings. The summed E-state index contributed by atoms with van der Waals surface area (Å²) in [7, 11) is 5.95. The summed E-state index contributed by atoms with van der Waals surface area (Å²) < 4.78 is 17.0. The van der Waals surface area contributed by atoms with Gasteiger partial charge in [0.2, 0.25) is 0 Å². The molecule has 1 amide bonds. The van der Waals surface area contributed by atoms with Crippen molar-refractivity contribution in [3.8, 4) is 11.5 Å². The molecule has 1 N–H and O–H groups in total. The summed E-state index contributed by atoms with van der Waals surface area (Å²) in [6.07, 6.45) is 0. The Hall–Kier alpha value is -3.19. The smallest absolute Gasteiger partial charge is 0.340 e. The van der Waals surface area contributed by atoms with Gasteiger partial charge < -0.3 is 24.1 Å². The number of esters is 1. The fraction of sp³-hybridized carbons (Fsp3) is 0.200. The van der Waals surface area contributed by atoms with Gasteiger partial charge in [-0.25, -0.2) is 4.79 Å². The first-order valence-electron chi connectivity index (χ1n) is 8.30. The van der Waals surface area contributed by atoms with E-state index in [1.54, 1.807) is 29.8 Å². The minimum atomic E-state index is -0.611. The molecule has 0 aliphatic rings. The molecular weight excluding hydrogens is 384 g/mol. The molecule has 8 heteroatoms. The number of hydrogen-bond acceptors (Lipinski definition) is 5. The molecule has 0 radical (unpaired) electrons. The lowest BCUT2D eigenvalue weighted by Crippen LogP contribution is -2.18. The van der Waals surface area contributed by atoms with Gasteiger partial charge in [0, 0.05) is 35.1 Å². The van der Waals surface area contributed by atoms with Crippen LogP contribution in [0, 0.1) is 0 Å². The van der Waals surface area contributed by atoms with Crippen LogP contribution in [0.3, 0.4) is 0 Å². The van der Waals surface area contributed by atoms with E-state index in [9.17, 15) is 9.59 Å². The van der Waals surface area contributed by atoms with Crippen molar-refractivity contribution in [2.75, 3.05) is 26.6 Å². The number of fused-ring (bicyclic) bond motifs is 1. The number of carbonyl (C=O) groups is 2. The van der Waals surface area contributed by atoms with Crippen LogP contribution in [0.1, 0.15) is 20.8 Å². The highest BCUT2D eigenvalue weighted by Gasteiger charge is 2.21. The second-order valence-electron chi connectivity index (χ2n) is 5.99. The lowest BCUT2D eigenvalue weighted by molar-refractivity contribution is 0.0601. The Balaban J connectivity index is 2.04. The van der Waals surface area contributed by atoms with Crippen LogP contribution in [0.2, 0.25) is 5.02 Å². The van der Waals surface area contributed by atoms with Crippen LogP contribution in [0.15, 0.2) is 36.4 Å². The summed E-state index contributed by atoms with van der Waals surface area (Å²) >= 11 is 6.05. The molecule has 1 aromatic heterocycles. The average Bonchev–Trinajstić information content (AvgIpc) is 3.03. The molecule has 0 unspecified atom stereocenters. The van der Waals surface area contributed by atoms with Crippen LogP contribution < -0.4 is 14.8 Å². The number of aromatic nitrogens is 1. The molecule has 0 aliphatic carbocycles. The first kappa shape index (κ1) is 19.6. The van der Waals surface area contributed by atoms with Crippen molar-refractivity contribution >= 4 is 40.1 Å². The third-order valence-electron chi connectivity index (χ3n) is 4.42. The van der Waals surface area contributed by atoms with Gasteiger partial charge in [0.25, 0.3) is 5.91 Å². The zero-order valence-electron chi connectivity index (χ0n) is 15.8. The molecular formula is C20H19ClN2O5. The number of nitrogens with zero attached hydrogens (tertiary/aromatic N) is 1. The maximum Gasteiger partial charge on any atom is 0.340 e. The monoisotopic (exact) mass is 402 g/mol. The van der Waals surface area contributed by atoms with Crippen LogP contribution in [-0.2, 0) is 11.8 Å². The second-order valence-corrected chi connectivity index (χ2v) is 6.43. The highest BCUT2D eigenvalue weighted by atomic mass is 35.5. The van der Waals surface area contributed by atoms with Gasteiger partial charge in [-0.1, -0.05) is 17.7 Å². The average molecular weight is 403 g/mol. The van der Waals surface area contributed by atoms with Crippen molar-refractivity contribution in [1.82, 2.24) is 4.57 Å². The molecule has 0 bridgehead atoms. The van der Waals surface area contributed by atoms with Crippen molar-refractivity contribution in [3.63, 3.8) is 0 Å². The van der Waals surface area contributed by atoms with Crippen molar-refractivity contribution in [3.05, 3.63) is 52.7 Å². The van der Waals surface area contributed by atoms with Crippen molar-refractivity contribution in [1.29, 1.82) is 0 Å². The summed E-state index contributed by atoms with van der Waals surface area (Å²) in [6.45, 7) is 0. The first-order valence-corrected chi connectivity index (χ1v) is 8.68. The van der Waals surface area contributed by atoms with Crippen molar-refractivity contribution in [2.45, 2.75) is 0 Å². The molecule has 0 atom stereocenters. The Morgan fingerprint density at radius 2 is 1.68 bits per heavy atom. The number of methoxy groups -OCH3 is 3. The summed E-state index contributed by atoms with van der Waals surface area (Å²) in [4.78, 5) is 25.1. The molecule has 0 spiro atoms. The molecule has 3 aromatic rings. The number of halogens is 1. The van der Waals surface area contributed by atoms with E-state index in [1.807, 2.05) is 6.07 Å². The van der Waals surface area contributed by atoms with Crippen LogP contribution in [0.25, 0.3) is 10.9 Å². The van der Waals surface area contributed by atoms with Crippen molar-refractivity contribution in [2.24, 2.45) is 7.05 Å². The number of amides is 1. The van der Waals surface area contributed by atoms with E-state index < -0.39 is 11.9 Å². The topological polar surface area (TPSA) is 78.8 Å². The third kappa shape index (κ3) is 3.48. The van der Waals surface area contributed by atoms with E-state index in [1.165, 1.54) is 33.5 Å². The number of benzene rings is 2. The lowest BCUT2D eigenvalue weighted by atomic mass is 10.1. The highest BCUT2D eigenvalue weighted by molar-refractivity contribution is 6.31. The fourth-order valence-electron chi connectivity index (χ4n) is 2.97. The molecule has 3 rings (SSSR count). The van der Waals surface area contributed by atoms with Crippen LogP contribution in [-0.4, -0.2) is 37.8 Å². The molecule has 146 valence electrons. The number of anilines is 1. The molecule has 7 nitrogen and oxygen atoms in total. The predicted octanol–water partition coefficient (Wildman–Crippen LogP) is 3.89. The zero-order valence-corrected chi connectivity index (χ0v) is 16.6. The lowest BCUT2D eigenvalue weighted by Gasteiger charge is -2.15. The Labute approximate surface area is 166 Å². The minimum absolute atomic E-state index is 0.148. The Morgan fingerprint density at radius 3 is 2.32 bits per heavy atom. The Bertz CT molecular complexity index is 1070. The normalized spacial score (nSPS) is 10.6. The number of carbonyl (C=O) groups excluding carboxylic acids is 2. The zero-order chi connectivity index (χ0) is 20.4. The van der Waals surface area contributed by atoms with Gasteiger partial charge in [-0.05, 0) is 18.2 Å².